The van der Waals surface area contributed by atoms with Gasteiger partial charge in [0, 0.05) is 6.04 Å². The molecule has 2 rings (SSSR count). The molecule has 1 heterocycles. The van der Waals surface area contributed by atoms with Crippen LogP contribution in [-0.4, -0.2) is 49.6 Å². The van der Waals surface area contributed by atoms with Crippen molar-refractivity contribution >= 4 is 5.91 Å². The highest BCUT2D eigenvalue weighted by atomic mass is 16.2. The highest BCUT2D eigenvalue weighted by molar-refractivity contribution is 5.78. The quantitative estimate of drug-likeness (QED) is 0.791. The molecule has 4 nitrogen and oxygen atoms in total. The van der Waals surface area contributed by atoms with E-state index in [4.69, 9.17) is 0 Å². The monoisotopic (exact) mass is 309 g/mol. The predicted octanol–water partition coefficient (Wildman–Crippen LogP) is 2.25. The van der Waals surface area contributed by atoms with Gasteiger partial charge in [-0.25, -0.2) is 0 Å². The highest BCUT2D eigenvalue weighted by Gasteiger charge is 2.29. The molecule has 0 aromatic heterocycles. The molecule has 3 unspecified atom stereocenters. The molecule has 2 fully saturated rings. The minimum atomic E-state index is 0.232. The predicted molar refractivity (Wildman–Crippen MR) is 91.8 cm³/mol. The number of amides is 1. The lowest BCUT2D eigenvalue weighted by Crippen LogP contribution is -2.48. The SMILES string of the molecule is CCNCC1CCN(CC(=O)NC2CCCC(C)C2C)CC1. The summed E-state index contributed by atoms with van der Waals surface area (Å²) >= 11 is 0. The first-order valence-corrected chi connectivity index (χ1v) is 9.32. The van der Waals surface area contributed by atoms with Crippen LogP contribution in [0.3, 0.4) is 0 Å². The molecule has 128 valence electrons. The number of likely N-dealkylation sites (tertiary alicyclic amines) is 1. The Morgan fingerprint density at radius 2 is 1.86 bits per heavy atom. The molecule has 2 N–H and O–H groups in total. The Balaban J connectivity index is 1.67. The zero-order chi connectivity index (χ0) is 15.9. The average molecular weight is 309 g/mol. The lowest BCUT2D eigenvalue weighted by Gasteiger charge is -2.36. The number of hydrogen-bond acceptors (Lipinski definition) is 3. The zero-order valence-electron chi connectivity index (χ0n) is 14.7. The van der Waals surface area contributed by atoms with Gasteiger partial charge in [-0.1, -0.05) is 33.6 Å². The summed E-state index contributed by atoms with van der Waals surface area (Å²) in [6, 6.07) is 0.391. The number of carbonyl (C=O) groups excluding carboxylic acids is 1. The van der Waals surface area contributed by atoms with Crippen LogP contribution < -0.4 is 10.6 Å². The summed E-state index contributed by atoms with van der Waals surface area (Å²) < 4.78 is 0. The molecule has 1 aliphatic heterocycles. The van der Waals surface area contributed by atoms with E-state index >= 15 is 0 Å². The van der Waals surface area contributed by atoms with Crippen LogP contribution >= 0.6 is 0 Å². The second-order valence-corrected chi connectivity index (χ2v) is 7.47. The Labute approximate surface area is 136 Å². The molecule has 0 radical (unpaired) electrons. The van der Waals surface area contributed by atoms with E-state index in [0.29, 0.717) is 18.5 Å². The first kappa shape index (κ1) is 17.7. The maximum atomic E-state index is 12.3. The number of rotatable bonds is 6. The van der Waals surface area contributed by atoms with Crippen molar-refractivity contribution in [2.24, 2.45) is 17.8 Å². The number of nitrogens with one attached hydrogen (secondary N) is 2. The first-order chi connectivity index (χ1) is 10.6. The van der Waals surface area contributed by atoms with Crippen molar-refractivity contribution in [3.05, 3.63) is 0 Å². The molecular formula is C18H35N3O. The summed E-state index contributed by atoms with van der Waals surface area (Å²) in [6.45, 7) is 11.7. The van der Waals surface area contributed by atoms with E-state index in [1.807, 2.05) is 0 Å². The third kappa shape index (κ3) is 5.24. The van der Waals surface area contributed by atoms with Gasteiger partial charge in [0.15, 0.2) is 0 Å². The summed E-state index contributed by atoms with van der Waals surface area (Å²) in [6.07, 6.45) is 6.16. The van der Waals surface area contributed by atoms with E-state index in [0.717, 1.165) is 44.4 Å². The van der Waals surface area contributed by atoms with Crippen molar-refractivity contribution in [3.8, 4) is 0 Å². The van der Waals surface area contributed by atoms with Gasteiger partial charge in [0.2, 0.25) is 5.91 Å². The lowest BCUT2D eigenvalue weighted by atomic mass is 9.78. The first-order valence-electron chi connectivity index (χ1n) is 9.32. The zero-order valence-corrected chi connectivity index (χ0v) is 14.7. The Hall–Kier alpha value is -0.610. The number of piperidine rings is 1. The normalized spacial score (nSPS) is 31.1. The summed E-state index contributed by atoms with van der Waals surface area (Å²) in [4.78, 5) is 14.6. The van der Waals surface area contributed by atoms with Gasteiger partial charge in [-0.15, -0.1) is 0 Å². The fourth-order valence-electron chi connectivity index (χ4n) is 3.94. The molecule has 1 aliphatic carbocycles. The van der Waals surface area contributed by atoms with E-state index in [1.54, 1.807) is 0 Å². The third-order valence-electron chi connectivity index (χ3n) is 5.81. The van der Waals surface area contributed by atoms with E-state index < -0.39 is 0 Å². The molecule has 1 saturated carbocycles. The molecular weight excluding hydrogens is 274 g/mol. The van der Waals surface area contributed by atoms with Crippen molar-refractivity contribution in [3.63, 3.8) is 0 Å². The van der Waals surface area contributed by atoms with E-state index in [1.165, 1.54) is 25.7 Å². The molecule has 2 aliphatic rings. The van der Waals surface area contributed by atoms with Gasteiger partial charge >= 0.3 is 0 Å². The lowest BCUT2D eigenvalue weighted by molar-refractivity contribution is -0.124. The Morgan fingerprint density at radius 1 is 1.14 bits per heavy atom. The Morgan fingerprint density at radius 3 is 2.55 bits per heavy atom. The van der Waals surface area contributed by atoms with Crippen molar-refractivity contribution in [1.29, 1.82) is 0 Å². The molecule has 0 spiro atoms. The molecule has 1 amide bonds. The molecule has 0 bridgehead atoms. The van der Waals surface area contributed by atoms with Gasteiger partial charge in [0.05, 0.1) is 6.54 Å². The number of nitrogens with zero attached hydrogens (tertiary/aromatic N) is 1. The average Bonchev–Trinajstić information content (AvgIpc) is 2.51. The van der Waals surface area contributed by atoms with Crippen LogP contribution in [0.4, 0.5) is 0 Å². The topological polar surface area (TPSA) is 44.4 Å². The van der Waals surface area contributed by atoms with Crippen molar-refractivity contribution in [2.75, 3.05) is 32.7 Å². The van der Waals surface area contributed by atoms with E-state index in [-0.39, 0.29) is 5.91 Å². The minimum Gasteiger partial charge on any atom is -0.352 e. The largest absolute Gasteiger partial charge is 0.352 e. The van der Waals surface area contributed by atoms with Gasteiger partial charge in [-0.2, -0.15) is 0 Å². The molecule has 3 atom stereocenters. The van der Waals surface area contributed by atoms with Crippen LogP contribution in [0.25, 0.3) is 0 Å². The standard InChI is InChI=1S/C18H35N3O/c1-4-19-12-16-8-10-21(11-9-16)13-18(22)20-17-7-5-6-14(2)15(17)3/h14-17,19H,4-13H2,1-3H3,(H,20,22). The summed E-state index contributed by atoms with van der Waals surface area (Å²) in [5.74, 6) is 2.37. The van der Waals surface area contributed by atoms with Crippen LogP contribution in [0.1, 0.15) is 52.9 Å². The molecule has 0 aromatic rings. The minimum absolute atomic E-state index is 0.232. The summed E-state index contributed by atoms with van der Waals surface area (Å²) in [7, 11) is 0. The second-order valence-electron chi connectivity index (χ2n) is 7.47. The Bertz CT molecular complexity index is 339. The third-order valence-corrected chi connectivity index (χ3v) is 5.81. The summed E-state index contributed by atoms with van der Waals surface area (Å²) in [5, 5.41) is 6.74. The highest BCUT2D eigenvalue weighted by Crippen LogP contribution is 2.29. The summed E-state index contributed by atoms with van der Waals surface area (Å²) in [5.41, 5.74) is 0. The fraction of sp³-hybridized carbons (Fsp3) is 0.944. The fourth-order valence-corrected chi connectivity index (χ4v) is 3.94. The molecule has 22 heavy (non-hydrogen) atoms. The smallest absolute Gasteiger partial charge is 0.234 e. The van der Waals surface area contributed by atoms with Gasteiger partial charge < -0.3 is 10.6 Å². The number of hydrogen-bond donors (Lipinski definition) is 2. The van der Waals surface area contributed by atoms with Gasteiger partial charge in [0.1, 0.15) is 0 Å². The van der Waals surface area contributed by atoms with Crippen LogP contribution in [0.5, 0.6) is 0 Å². The molecule has 1 saturated heterocycles. The van der Waals surface area contributed by atoms with Crippen LogP contribution in [-0.2, 0) is 4.79 Å². The number of carbonyl (C=O) groups is 1. The van der Waals surface area contributed by atoms with Crippen molar-refractivity contribution in [2.45, 2.75) is 58.9 Å². The maximum Gasteiger partial charge on any atom is 0.234 e. The van der Waals surface area contributed by atoms with Crippen LogP contribution in [0.2, 0.25) is 0 Å². The Kier molecular flexibility index (Phi) is 7.16. The van der Waals surface area contributed by atoms with Gasteiger partial charge in [-0.3, -0.25) is 9.69 Å². The van der Waals surface area contributed by atoms with E-state index in [2.05, 4.69) is 36.3 Å². The van der Waals surface area contributed by atoms with Gasteiger partial charge in [0.25, 0.3) is 0 Å². The van der Waals surface area contributed by atoms with Crippen molar-refractivity contribution in [1.82, 2.24) is 15.5 Å². The van der Waals surface area contributed by atoms with Crippen molar-refractivity contribution < 1.29 is 4.79 Å². The van der Waals surface area contributed by atoms with Crippen LogP contribution in [0.15, 0.2) is 0 Å². The van der Waals surface area contributed by atoms with E-state index in [9.17, 15) is 4.79 Å². The van der Waals surface area contributed by atoms with Crippen LogP contribution in [0, 0.1) is 17.8 Å². The molecule has 4 heteroatoms. The second kappa shape index (κ2) is 8.88. The molecule has 0 aromatic carbocycles. The van der Waals surface area contributed by atoms with Gasteiger partial charge in [-0.05, 0) is 63.2 Å². The maximum absolute atomic E-state index is 12.3.